The number of para-hydroxylation sites is 1. The molecule has 7 nitrogen and oxygen atoms in total. The number of carbonyl (C=O) groups excluding carboxylic acids is 2. The van der Waals surface area contributed by atoms with Gasteiger partial charge in [0.2, 0.25) is 0 Å². The largest absolute Gasteiger partial charge is 0.494 e. The molecule has 0 saturated heterocycles. The molecule has 0 atom stereocenters. The van der Waals surface area contributed by atoms with Crippen molar-refractivity contribution in [3.8, 4) is 17.2 Å². The molecule has 0 unspecified atom stereocenters. The fourth-order valence-corrected chi connectivity index (χ4v) is 2.46. The van der Waals surface area contributed by atoms with Crippen molar-refractivity contribution < 1.29 is 28.5 Å². The molecule has 27 heavy (non-hydrogen) atoms. The van der Waals surface area contributed by atoms with Crippen LogP contribution in [0.3, 0.4) is 0 Å². The molecule has 0 fully saturated rings. The maximum absolute atomic E-state index is 11.9. The molecule has 0 spiro atoms. The first-order chi connectivity index (χ1) is 13.2. The van der Waals surface area contributed by atoms with Gasteiger partial charge in [-0.25, -0.2) is 0 Å². The van der Waals surface area contributed by atoms with Gasteiger partial charge in [-0.3, -0.25) is 9.59 Å². The summed E-state index contributed by atoms with van der Waals surface area (Å²) in [5, 5.41) is 2.66. The van der Waals surface area contributed by atoms with Crippen LogP contribution in [0.25, 0.3) is 0 Å². The third kappa shape index (κ3) is 5.91. The lowest BCUT2D eigenvalue weighted by Gasteiger charge is -2.19. The highest BCUT2D eigenvalue weighted by Crippen LogP contribution is 2.32. The summed E-state index contributed by atoms with van der Waals surface area (Å²) in [7, 11) is 0. The Hall–Kier alpha value is -3.22. The summed E-state index contributed by atoms with van der Waals surface area (Å²) in [4.78, 5) is 23.6. The van der Waals surface area contributed by atoms with Crippen molar-refractivity contribution >= 4 is 17.6 Å². The summed E-state index contributed by atoms with van der Waals surface area (Å²) in [6.45, 7) is 1.04. The lowest BCUT2D eigenvalue weighted by molar-refractivity contribution is -0.147. The highest BCUT2D eigenvalue weighted by Gasteiger charge is 2.13. The van der Waals surface area contributed by atoms with E-state index in [1.807, 2.05) is 30.3 Å². The molecule has 1 amide bonds. The molecule has 7 heteroatoms. The van der Waals surface area contributed by atoms with Crippen molar-refractivity contribution in [3.05, 3.63) is 48.5 Å². The number of carbonyl (C=O) groups is 2. The predicted octanol–water partition coefficient (Wildman–Crippen LogP) is 2.80. The third-order valence-electron chi connectivity index (χ3n) is 3.73. The fourth-order valence-electron chi connectivity index (χ4n) is 2.46. The van der Waals surface area contributed by atoms with Crippen LogP contribution in [0.15, 0.2) is 48.5 Å². The molecule has 1 aliphatic heterocycles. The monoisotopic (exact) mass is 371 g/mol. The van der Waals surface area contributed by atoms with E-state index in [1.54, 1.807) is 18.2 Å². The van der Waals surface area contributed by atoms with Crippen LogP contribution in [0.2, 0.25) is 0 Å². The normalized spacial score (nSPS) is 12.1. The predicted molar refractivity (Wildman–Crippen MR) is 98.2 cm³/mol. The van der Waals surface area contributed by atoms with Gasteiger partial charge in [0.05, 0.1) is 6.61 Å². The molecule has 3 rings (SSSR count). The van der Waals surface area contributed by atoms with Crippen LogP contribution in [0.4, 0.5) is 5.69 Å². The number of rotatable bonds is 8. The molecule has 1 heterocycles. The second-order valence-corrected chi connectivity index (χ2v) is 5.83. The highest BCUT2D eigenvalue weighted by atomic mass is 16.6. The summed E-state index contributed by atoms with van der Waals surface area (Å²) in [6.07, 6.45) is 0.696. The van der Waals surface area contributed by atoms with Gasteiger partial charge in [0.1, 0.15) is 19.0 Å². The first-order valence-electron chi connectivity index (χ1n) is 8.74. The smallest absolute Gasteiger partial charge is 0.306 e. The van der Waals surface area contributed by atoms with Crippen LogP contribution in [0.5, 0.6) is 17.2 Å². The minimum absolute atomic E-state index is 0.185. The molecule has 1 N–H and O–H groups in total. The number of hydrogen-bond acceptors (Lipinski definition) is 6. The van der Waals surface area contributed by atoms with E-state index in [-0.39, 0.29) is 13.0 Å². The van der Waals surface area contributed by atoms with Gasteiger partial charge >= 0.3 is 5.97 Å². The van der Waals surface area contributed by atoms with E-state index in [2.05, 4.69) is 5.32 Å². The molecule has 2 aromatic rings. The summed E-state index contributed by atoms with van der Waals surface area (Å²) >= 11 is 0. The number of fused-ring (bicyclic) bond motifs is 1. The molecular formula is C20H21NO6. The van der Waals surface area contributed by atoms with Gasteiger partial charge in [0, 0.05) is 18.2 Å². The second-order valence-electron chi connectivity index (χ2n) is 5.83. The number of anilines is 1. The number of esters is 1. The van der Waals surface area contributed by atoms with Crippen LogP contribution in [-0.2, 0) is 14.3 Å². The van der Waals surface area contributed by atoms with Crippen LogP contribution in [0, 0.1) is 0 Å². The van der Waals surface area contributed by atoms with Gasteiger partial charge in [-0.05, 0) is 30.7 Å². The van der Waals surface area contributed by atoms with Gasteiger partial charge in [0.15, 0.2) is 18.1 Å². The van der Waals surface area contributed by atoms with Gasteiger partial charge < -0.3 is 24.3 Å². The fraction of sp³-hybridized carbons (Fsp3) is 0.300. The van der Waals surface area contributed by atoms with Crippen LogP contribution in [-0.4, -0.2) is 38.3 Å². The zero-order valence-corrected chi connectivity index (χ0v) is 14.8. The van der Waals surface area contributed by atoms with E-state index in [1.165, 1.54) is 0 Å². The Bertz CT molecular complexity index is 777. The molecular weight excluding hydrogens is 350 g/mol. The first kappa shape index (κ1) is 18.6. The molecule has 2 aromatic carbocycles. The van der Waals surface area contributed by atoms with Crippen molar-refractivity contribution in [2.75, 3.05) is 31.7 Å². The standard InChI is InChI=1S/C20H21NO6/c22-19(21-15-8-9-17-18(13-15)26-12-11-25-17)14-27-20(23)7-4-10-24-16-5-2-1-3-6-16/h1-3,5-6,8-9,13H,4,7,10-12,14H2,(H,21,22). The average molecular weight is 371 g/mol. The summed E-state index contributed by atoms with van der Waals surface area (Å²) in [5.41, 5.74) is 0.552. The Morgan fingerprint density at radius 1 is 1.00 bits per heavy atom. The Morgan fingerprint density at radius 2 is 1.78 bits per heavy atom. The number of ether oxygens (including phenoxy) is 4. The Kier molecular flexibility index (Phi) is 6.51. The molecule has 0 aliphatic carbocycles. The van der Waals surface area contributed by atoms with Crippen molar-refractivity contribution in [2.45, 2.75) is 12.8 Å². The highest BCUT2D eigenvalue weighted by molar-refractivity contribution is 5.93. The van der Waals surface area contributed by atoms with Crippen molar-refractivity contribution in [3.63, 3.8) is 0 Å². The minimum Gasteiger partial charge on any atom is -0.494 e. The Balaban J connectivity index is 1.33. The summed E-state index contributed by atoms with van der Waals surface area (Å²) < 4.78 is 21.4. The van der Waals surface area contributed by atoms with Crippen LogP contribution >= 0.6 is 0 Å². The van der Waals surface area contributed by atoms with Gasteiger partial charge in [-0.2, -0.15) is 0 Å². The molecule has 0 radical (unpaired) electrons. The van der Waals surface area contributed by atoms with Gasteiger partial charge in [-0.1, -0.05) is 18.2 Å². The van der Waals surface area contributed by atoms with E-state index in [0.29, 0.717) is 43.4 Å². The second kappa shape index (κ2) is 9.47. The number of hydrogen-bond donors (Lipinski definition) is 1. The lowest BCUT2D eigenvalue weighted by atomic mass is 10.2. The number of benzene rings is 2. The van der Waals surface area contributed by atoms with Crippen molar-refractivity contribution in [2.24, 2.45) is 0 Å². The Morgan fingerprint density at radius 3 is 2.59 bits per heavy atom. The molecule has 0 saturated carbocycles. The number of amides is 1. The van der Waals surface area contributed by atoms with Crippen molar-refractivity contribution in [1.82, 2.24) is 0 Å². The van der Waals surface area contributed by atoms with Gasteiger partial charge in [0.25, 0.3) is 5.91 Å². The molecule has 0 aromatic heterocycles. The van der Waals surface area contributed by atoms with Crippen LogP contribution < -0.4 is 19.5 Å². The third-order valence-corrected chi connectivity index (χ3v) is 3.73. The zero-order valence-electron chi connectivity index (χ0n) is 14.8. The number of nitrogens with one attached hydrogen (secondary N) is 1. The lowest BCUT2D eigenvalue weighted by Crippen LogP contribution is -2.21. The van der Waals surface area contributed by atoms with E-state index in [4.69, 9.17) is 18.9 Å². The van der Waals surface area contributed by atoms with E-state index in [0.717, 1.165) is 5.75 Å². The Labute approximate surface area is 157 Å². The quantitative estimate of drug-likeness (QED) is 0.568. The SMILES string of the molecule is O=C(COC(=O)CCCOc1ccccc1)Nc1ccc2c(c1)OCCO2. The first-order valence-corrected chi connectivity index (χ1v) is 8.74. The summed E-state index contributed by atoms with van der Waals surface area (Å²) in [6, 6.07) is 14.5. The van der Waals surface area contributed by atoms with E-state index < -0.39 is 11.9 Å². The molecule has 142 valence electrons. The summed E-state index contributed by atoms with van der Waals surface area (Å²) in [5.74, 6) is 1.12. The molecule has 1 aliphatic rings. The van der Waals surface area contributed by atoms with E-state index >= 15 is 0 Å². The average Bonchev–Trinajstić information content (AvgIpc) is 2.70. The maximum atomic E-state index is 11.9. The van der Waals surface area contributed by atoms with E-state index in [9.17, 15) is 9.59 Å². The van der Waals surface area contributed by atoms with Gasteiger partial charge in [-0.15, -0.1) is 0 Å². The minimum atomic E-state index is -0.441. The van der Waals surface area contributed by atoms with Crippen molar-refractivity contribution in [1.29, 1.82) is 0 Å². The maximum Gasteiger partial charge on any atom is 0.306 e. The topological polar surface area (TPSA) is 83.1 Å². The molecule has 0 bridgehead atoms. The van der Waals surface area contributed by atoms with Crippen LogP contribution in [0.1, 0.15) is 12.8 Å². The zero-order chi connectivity index (χ0) is 18.9.